The van der Waals surface area contributed by atoms with Gasteiger partial charge in [0.05, 0.1) is 6.54 Å². The number of nitrogens with zero attached hydrogens (tertiary/aromatic N) is 4. The number of nitrogens with two attached hydrogens (primary N) is 1. The van der Waals surface area contributed by atoms with E-state index in [4.69, 9.17) is 5.73 Å². The Bertz CT molecular complexity index is 825. The Morgan fingerprint density at radius 2 is 1.88 bits per heavy atom. The predicted octanol–water partition coefficient (Wildman–Crippen LogP) is 2.47. The number of anilines is 1. The van der Waals surface area contributed by atoms with Gasteiger partial charge in [0.25, 0.3) is 0 Å². The van der Waals surface area contributed by atoms with E-state index in [1.807, 2.05) is 18.3 Å². The van der Waals surface area contributed by atoms with Crippen molar-refractivity contribution >= 4 is 5.69 Å². The molecule has 0 bridgehead atoms. The monoisotopic (exact) mass is 319 g/mol. The van der Waals surface area contributed by atoms with E-state index in [1.165, 1.54) is 11.1 Å². The fourth-order valence-corrected chi connectivity index (χ4v) is 3.27. The second kappa shape index (κ2) is 6.45. The third kappa shape index (κ3) is 3.03. The first-order valence-corrected chi connectivity index (χ1v) is 8.28. The average molecular weight is 319 g/mol. The molecule has 2 aromatic heterocycles. The highest BCUT2D eigenvalue weighted by atomic mass is 15.2. The molecule has 122 valence electrons. The molecule has 0 saturated carbocycles. The summed E-state index contributed by atoms with van der Waals surface area (Å²) < 4.78 is 2.22. The van der Waals surface area contributed by atoms with Crippen molar-refractivity contribution in [3.63, 3.8) is 0 Å². The van der Waals surface area contributed by atoms with Crippen LogP contribution in [0.4, 0.5) is 5.69 Å². The Labute approximate surface area is 141 Å². The van der Waals surface area contributed by atoms with Crippen molar-refractivity contribution in [3.05, 3.63) is 77.6 Å². The smallest absolute Gasteiger partial charge is 0.123 e. The Kier molecular flexibility index (Phi) is 4.01. The highest BCUT2D eigenvalue weighted by Crippen LogP contribution is 2.23. The summed E-state index contributed by atoms with van der Waals surface area (Å²) in [5.74, 6) is 1.09. The molecule has 0 unspecified atom stereocenters. The summed E-state index contributed by atoms with van der Waals surface area (Å²) in [5, 5.41) is 0. The van der Waals surface area contributed by atoms with Crippen molar-refractivity contribution in [1.82, 2.24) is 19.4 Å². The molecule has 5 nitrogen and oxygen atoms in total. The minimum absolute atomic E-state index is 0.827. The molecule has 2 N–H and O–H groups in total. The van der Waals surface area contributed by atoms with Gasteiger partial charge in [-0.2, -0.15) is 0 Å². The fourth-order valence-electron chi connectivity index (χ4n) is 3.27. The number of hydrogen-bond acceptors (Lipinski definition) is 4. The van der Waals surface area contributed by atoms with E-state index >= 15 is 0 Å². The van der Waals surface area contributed by atoms with Gasteiger partial charge >= 0.3 is 0 Å². The van der Waals surface area contributed by atoms with E-state index in [2.05, 4.69) is 49.9 Å². The second-order valence-corrected chi connectivity index (χ2v) is 6.24. The maximum atomic E-state index is 6.12. The highest BCUT2D eigenvalue weighted by molar-refractivity contribution is 5.48. The molecule has 0 radical (unpaired) electrons. The quantitative estimate of drug-likeness (QED) is 0.802. The maximum absolute atomic E-state index is 6.12. The van der Waals surface area contributed by atoms with Crippen LogP contribution in [0.5, 0.6) is 0 Å². The van der Waals surface area contributed by atoms with E-state index in [9.17, 15) is 0 Å². The molecule has 1 aromatic carbocycles. The van der Waals surface area contributed by atoms with Crippen molar-refractivity contribution in [3.8, 4) is 0 Å². The first-order chi connectivity index (χ1) is 11.8. The Morgan fingerprint density at radius 3 is 2.75 bits per heavy atom. The summed E-state index contributed by atoms with van der Waals surface area (Å²) >= 11 is 0. The van der Waals surface area contributed by atoms with Gasteiger partial charge in [0.1, 0.15) is 5.82 Å². The highest BCUT2D eigenvalue weighted by Gasteiger charge is 2.20. The van der Waals surface area contributed by atoms with Crippen LogP contribution in [0.25, 0.3) is 0 Å². The van der Waals surface area contributed by atoms with Gasteiger partial charge in [0, 0.05) is 61.6 Å². The molecular weight excluding hydrogens is 298 g/mol. The predicted molar refractivity (Wildman–Crippen MR) is 94.2 cm³/mol. The van der Waals surface area contributed by atoms with Gasteiger partial charge in [0.2, 0.25) is 0 Å². The Hall–Kier alpha value is -2.66. The molecule has 24 heavy (non-hydrogen) atoms. The first kappa shape index (κ1) is 14.9. The van der Waals surface area contributed by atoms with Gasteiger partial charge in [-0.25, -0.2) is 4.98 Å². The molecule has 5 heteroatoms. The number of hydrogen-bond donors (Lipinski definition) is 1. The van der Waals surface area contributed by atoms with E-state index in [0.29, 0.717) is 0 Å². The van der Waals surface area contributed by atoms with Crippen LogP contribution in [0.15, 0.2) is 55.0 Å². The summed E-state index contributed by atoms with van der Waals surface area (Å²) in [5.41, 5.74) is 10.6. The second-order valence-electron chi connectivity index (χ2n) is 6.24. The summed E-state index contributed by atoms with van der Waals surface area (Å²) in [6.45, 7) is 3.51. The molecule has 0 fully saturated rings. The number of nitrogen functional groups attached to an aromatic ring is 1. The van der Waals surface area contributed by atoms with E-state index in [1.54, 1.807) is 6.20 Å². The largest absolute Gasteiger partial charge is 0.398 e. The summed E-state index contributed by atoms with van der Waals surface area (Å²) in [6, 6.07) is 12.4. The van der Waals surface area contributed by atoms with Crippen molar-refractivity contribution < 1.29 is 0 Å². The van der Waals surface area contributed by atoms with Crippen LogP contribution < -0.4 is 5.73 Å². The molecule has 3 heterocycles. The Morgan fingerprint density at radius 1 is 1.00 bits per heavy atom. The third-order valence-electron chi connectivity index (χ3n) is 4.59. The lowest BCUT2D eigenvalue weighted by Gasteiger charge is -2.28. The minimum atomic E-state index is 0.827. The molecule has 0 saturated heterocycles. The SMILES string of the molecule is Nc1ccnc2c1CN(Cc1nccn1Cc1ccccc1)CC2. The lowest BCUT2D eigenvalue weighted by atomic mass is 10.0. The molecule has 4 rings (SSSR count). The topological polar surface area (TPSA) is 60.0 Å². The molecule has 0 atom stereocenters. The van der Waals surface area contributed by atoms with E-state index in [0.717, 1.165) is 49.8 Å². The number of pyridine rings is 1. The van der Waals surface area contributed by atoms with Gasteiger partial charge in [0.15, 0.2) is 0 Å². The number of benzene rings is 1. The molecule has 0 amide bonds. The average Bonchev–Trinajstić information content (AvgIpc) is 3.03. The number of imidazole rings is 1. The number of rotatable bonds is 4. The Balaban J connectivity index is 1.49. The van der Waals surface area contributed by atoms with E-state index in [-0.39, 0.29) is 0 Å². The van der Waals surface area contributed by atoms with Gasteiger partial charge in [-0.1, -0.05) is 30.3 Å². The maximum Gasteiger partial charge on any atom is 0.123 e. The summed E-state index contributed by atoms with van der Waals surface area (Å²) in [7, 11) is 0. The van der Waals surface area contributed by atoms with Crippen LogP contribution in [-0.2, 0) is 26.1 Å². The standard InChI is InChI=1S/C19H21N5/c20-17-6-8-21-18-7-10-23(13-16(17)18)14-19-22-9-11-24(19)12-15-4-2-1-3-5-15/h1-6,8-9,11H,7,10,12-14H2,(H2,20,21). The van der Waals surface area contributed by atoms with Gasteiger partial charge in [-0.3, -0.25) is 9.88 Å². The van der Waals surface area contributed by atoms with Crippen LogP contribution in [0.2, 0.25) is 0 Å². The zero-order chi connectivity index (χ0) is 16.4. The van der Waals surface area contributed by atoms with Crippen LogP contribution >= 0.6 is 0 Å². The summed E-state index contributed by atoms with van der Waals surface area (Å²) in [6.07, 6.45) is 6.68. The minimum Gasteiger partial charge on any atom is -0.398 e. The molecule has 3 aromatic rings. The van der Waals surface area contributed by atoms with Crippen molar-refractivity contribution in [2.75, 3.05) is 12.3 Å². The van der Waals surface area contributed by atoms with Crippen LogP contribution in [0.1, 0.15) is 22.6 Å². The summed E-state index contributed by atoms with van der Waals surface area (Å²) in [4.78, 5) is 11.4. The molecular formula is C19H21N5. The van der Waals surface area contributed by atoms with Crippen molar-refractivity contribution in [1.29, 1.82) is 0 Å². The molecule has 0 spiro atoms. The van der Waals surface area contributed by atoms with Crippen LogP contribution in [-0.4, -0.2) is 26.0 Å². The molecule has 0 aliphatic carbocycles. The zero-order valence-electron chi connectivity index (χ0n) is 13.6. The number of fused-ring (bicyclic) bond motifs is 1. The number of aromatic nitrogens is 3. The van der Waals surface area contributed by atoms with Gasteiger partial charge in [-0.15, -0.1) is 0 Å². The zero-order valence-corrected chi connectivity index (χ0v) is 13.6. The van der Waals surface area contributed by atoms with Gasteiger partial charge in [-0.05, 0) is 11.6 Å². The first-order valence-electron chi connectivity index (χ1n) is 8.28. The molecule has 1 aliphatic heterocycles. The lowest BCUT2D eigenvalue weighted by molar-refractivity contribution is 0.235. The van der Waals surface area contributed by atoms with E-state index < -0.39 is 0 Å². The molecule has 1 aliphatic rings. The fraction of sp³-hybridized carbons (Fsp3) is 0.263. The van der Waals surface area contributed by atoms with Crippen LogP contribution in [0.3, 0.4) is 0 Å². The third-order valence-corrected chi connectivity index (χ3v) is 4.59. The van der Waals surface area contributed by atoms with Crippen LogP contribution in [0, 0.1) is 0 Å². The lowest BCUT2D eigenvalue weighted by Crippen LogP contribution is -2.32. The van der Waals surface area contributed by atoms with Gasteiger partial charge < -0.3 is 10.3 Å². The normalized spacial score (nSPS) is 14.5. The van der Waals surface area contributed by atoms with Crippen molar-refractivity contribution in [2.24, 2.45) is 0 Å². The van der Waals surface area contributed by atoms with Crippen molar-refractivity contribution in [2.45, 2.75) is 26.1 Å².